The van der Waals surface area contributed by atoms with Crippen LogP contribution in [-0.4, -0.2) is 5.11 Å². The van der Waals surface area contributed by atoms with Crippen molar-refractivity contribution >= 4 is 0 Å². The van der Waals surface area contributed by atoms with Crippen LogP contribution in [0, 0.1) is 5.92 Å². The fourth-order valence-corrected chi connectivity index (χ4v) is 1.59. The van der Waals surface area contributed by atoms with Gasteiger partial charge in [0.2, 0.25) is 0 Å². The Morgan fingerprint density at radius 2 is 1.69 bits per heavy atom. The van der Waals surface area contributed by atoms with Gasteiger partial charge in [0.1, 0.15) is 0 Å². The zero-order valence-corrected chi connectivity index (χ0v) is 10.2. The molecule has 1 aliphatic carbocycles. The van der Waals surface area contributed by atoms with E-state index in [-0.39, 0.29) is 23.2 Å². The van der Waals surface area contributed by atoms with Gasteiger partial charge in [-0.1, -0.05) is 12.8 Å². The van der Waals surface area contributed by atoms with Crippen molar-refractivity contribution in [3.05, 3.63) is 60.2 Å². The van der Waals surface area contributed by atoms with Gasteiger partial charge in [-0.3, -0.25) is 0 Å². The second-order valence-electron chi connectivity index (χ2n) is 3.96. The standard InChI is InChI=1S/C9H11O.C5H5.Fe/c10-9(8-5-6-8)7-3-1-2-4-7;1-2-4-5-3-1;/h1-4,8-10H,5-6H2;1-5H;/q-5;-1;. The normalized spacial score (nSPS) is 15.6. The molecule has 0 aromatic heterocycles. The third kappa shape index (κ3) is 3.97. The van der Waals surface area contributed by atoms with Crippen molar-refractivity contribution in [2.24, 2.45) is 5.92 Å². The van der Waals surface area contributed by atoms with Crippen molar-refractivity contribution in [1.29, 1.82) is 0 Å². The molecule has 1 nitrogen and oxygen atoms in total. The van der Waals surface area contributed by atoms with Gasteiger partial charge in [-0.15, -0.1) is 6.10 Å². The molecule has 2 aromatic rings. The summed E-state index contributed by atoms with van der Waals surface area (Å²) in [7, 11) is 0. The second-order valence-corrected chi connectivity index (χ2v) is 3.96. The maximum atomic E-state index is 9.55. The molecule has 1 aliphatic rings. The van der Waals surface area contributed by atoms with E-state index in [0.717, 1.165) is 5.56 Å². The molecule has 3 rings (SSSR count). The first-order valence-corrected chi connectivity index (χ1v) is 5.44. The van der Waals surface area contributed by atoms with Crippen LogP contribution in [0.5, 0.6) is 0 Å². The Balaban J connectivity index is 0.000000183. The van der Waals surface area contributed by atoms with E-state index in [0.29, 0.717) is 5.92 Å². The van der Waals surface area contributed by atoms with E-state index in [1.807, 2.05) is 54.6 Å². The van der Waals surface area contributed by atoms with Gasteiger partial charge in [0, 0.05) is 17.1 Å². The first-order chi connectivity index (χ1) is 7.38. The van der Waals surface area contributed by atoms with Crippen molar-refractivity contribution in [3.63, 3.8) is 0 Å². The first kappa shape index (κ1) is 13.2. The van der Waals surface area contributed by atoms with Crippen LogP contribution < -0.4 is 0 Å². The van der Waals surface area contributed by atoms with Gasteiger partial charge < -0.3 is 34.9 Å². The Morgan fingerprint density at radius 3 is 2.06 bits per heavy atom. The summed E-state index contributed by atoms with van der Waals surface area (Å²) < 4.78 is 0. The SMILES string of the molecule is OC([c-]1[cH-][cH-][cH-][cH-]1)C1CC1.[Fe].c1cc[cH-]c1. The second kappa shape index (κ2) is 6.70. The molecule has 0 heterocycles. The van der Waals surface area contributed by atoms with Gasteiger partial charge in [0.05, 0.1) is 0 Å². The Bertz CT molecular complexity index is 329. The van der Waals surface area contributed by atoms with E-state index >= 15 is 0 Å². The van der Waals surface area contributed by atoms with E-state index in [2.05, 4.69) is 0 Å². The third-order valence-electron chi connectivity index (χ3n) is 2.65. The molecule has 0 amide bonds. The Morgan fingerprint density at radius 1 is 1.12 bits per heavy atom. The molecule has 1 N–H and O–H groups in total. The molecule has 0 saturated heterocycles. The molecule has 0 bridgehead atoms. The van der Waals surface area contributed by atoms with E-state index < -0.39 is 0 Å². The fourth-order valence-electron chi connectivity index (χ4n) is 1.59. The van der Waals surface area contributed by atoms with E-state index in [1.54, 1.807) is 0 Å². The number of aliphatic hydroxyl groups excluding tert-OH is 1. The first-order valence-electron chi connectivity index (χ1n) is 5.44. The van der Waals surface area contributed by atoms with Crippen molar-refractivity contribution in [2.45, 2.75) is 18.9 Å². The third-order valence-corrected chi connectivity index (χ3v) is 2.65. The Hall–Kier alpha value is -0.821. The molecule has 92 valence electrons. The molecule has 1 fully saturated rings. The van der Waals surface area contributed by atoms with Crippen molar-refractivity contribution in [2.75, 3.05) is 0 Å². The number of hydrogen-bond donors (Lipinski definition) is 1. The summed E-state index contributed by atoms with van der Waals surface area (Å²) in [5.41, 5.74) is 1.09. The molecule has 0 radical (unpaired) electrons. The van der Waals surface area contributed by atoms with Crippen LogP contribution in [0.1, 0.15) is 24.5 Å². The minimum atomic E-state index is -0.185. The average molecular weight is 256 g/mol. The molecular formula is C14H16FeO-6. The summed E-state index contributed by atoms with van der Waals surface area (Å²) in [4.78, 5) is 0. The Labute approximate surface area is 107 Å². The summed E-state index contributed by atoms with van der Waals surface area (Å²) in [6, 6.07) is 17.9. The predicted octanol–water partition coefficient (Wildman–Crippen LogP) is 3.25. The summed E-state index contributed by atoms with van der Waals surface area (Å²) in [5.74, 6) is 0.558. The van der Waals surface area contributed by atoms with E-state index in [4.69, 9.17) is 0 Å². The van der Waals surface area contributed by atoms with Crippen molar-refractivity contribution in [1.82, 2.24) is 0 Å². The zero-order chi connectivity index (χ0) is 10.5. The predicted molar refractivity (Wildman–Crippen MR) is 61.8 cm³/mol. The minimum absolute atomic E-state index is 0. The molecule has 0 aliphatic heterocycles. The number of aliphatic hydroxyl groups is 1. The quantitative estimate of drug-likeness (QED) is 0.646. The van der Waals surface area contributed by atoms with Crippen LogP contribution in [0.15, 0.2) is 54.6 Å². The maximum absolute atomic E-state index is 9.55. The van der Waals surface area contributed by atoms with Crippen LogP contribution in [0.2, 0.25) is 0 Å². The minimum Gasteiger partial charge on any atom is -0.747 e. The van der Waals surface area contributed by atoms with Gasteiger partial charge in [-0.05, 0) is 5.92 Å². The van der Waals surface area contributed by atoms with Crippen LogP contribution in [-0.2, 0) is 17.1 Å². The maximum Gasteiger partial charge on any atom is 0 e. The van der Waals surface area contributed by atoms with Crippen molar-refractivity contribution in [3.8, 4) is 0 Å². The average Bonchev–Trinajstić information content (AvgIpc) is 2.80. The largest absolute Gasteiger partial charge is 0.747 e. The summed E-state index contributed by atoms with van der Waals surface area (Å²) in [6.07, 6.45) is 2.22. The summed E-state index contributed by atoms with van der Waals surface area (Å²) in [6.45, 7) is 0. The van der Waals surface area contributed by atoms with Gasteiger partial charge in [0.25, 0.3) is 0 Å². The van der Waals surface area contributed by atoms with Gasteiger partial charge in [0.15, 0.2) is 0 Å². The van der Waals surface area contributed by atoms with Gasteiger partial charge in [-0.2, -0.15) is 18.2 Å². The number of rotatable bonds is 2. The van der Waals surface area contributed by atoms with Crippen molar-refractivity contribution < 1.29 is 22.2 Å². The van der Waals surface area contributed by atoms with Gasteiger partial charge >= 0.3 is 0 Å². The summed E-state index contributed by atoms with van der Waals surface area (Å²) in [5, 5.41) is 9.55. The molecule has 2 aromatic carbocycles. The smallest absolute Gasteiger partial charge is 0 e. The van der Waals surface area contributed by atoms with Gasteiger partial charge in [-0.25, -0.2) is 12.1 Å². The van der Waals surface area contributed by atoms with Crippen LogP contribution in [0.3, 0.4) is 0 Å². The monoisotopic (exact) mass is 256 g/mol. The molecule has 1 saturated carbocycles. The molecular weight excluding hydrogens is 240 g/mol. The summed E-state index contributed by atoms with van der Waals surface area (Å²) >= 11 is 0. The van der Waals surface area contributed by atoms with Crippen LogP contribution in [0.25, 0.3) is 0 Å². The van der Waals surface area contributed by atoms with Crippen LogP contribution in [0.4, 0.5) is 0 Å². The Kier molecular flexibility index (Phi) is 5.54. The molecule has 16 heavy (non-hydrogen) atoms. The molecule has 1 atom stereocenters. The number of hydrogen-bond acceptors (Lipinski definition) is 1. The molecule has 0 spiro atoms. The molecule has 1 unspecified atom stereocenters. The molecule has 2 heteroatoms. The fraction of sp³-hybridized carbons (Fsp3) is 0.286. The zero-order valence-electron chi connectivity index (χ0n) is 9.07. The van der Waals surface area contributed by atoms with E-state index in [9.17, 15) is 5.11 Å². The topological polar surface area (TPSA) is 20.2 Å². The van der Waals surface area contributed by atoms with E-state index in [1.165, 1.54) is 12.8 Å². The van der Waals surface area contributed by atoms with Crippen LogP contribution >= 0.6 is 0 Å².